The van der Waals surface area contributed by atoms with Gasteiger partial charge in [0.1, 0.15) is 5.69 Å². The van der Waals surface area contributed by atoms with Crippen molar-refractivity contribution in [3.05, 3.63) is 29.3 Å². The zero-order valence-corrected chi connectivity index (χ0v) is 9.94. The molecule has 1 aromatic carbocycles. The summed E-state index contributed by atoms with van der Waals surface area (Å²) >= 11 is 0. The van der Waals surface area contributed by atoms with E-state index in [1.807, 2.05) is 10.7 Å². The molecule has 0 saturated carbocycles. The predicted octanol–water partition coefficient (Wildman–Crippen LogP) is 1.12. The van der Waals surface area contributed by atoms with Crippen molar-refractivity contribution in [2.75, 3.05) is 25.6 Å². The number of halogens is 4. The molecule has 0 aliphatic carbocycles. The topological polar surface area (TPSA) is 71.7 Å². The third-order valence-corrected chi connectivity index (χ3v) is 2.06. The van der Waals surface area contributed by atoms with E-state index in [0.29, 0.717) is 0 Å². The maximum absolute atomic E-state index is 13.3. The maximum Gasteiger partial charge on any atom is 0.210 e. The Morgan fingerprint density at radius 1 is 1.26 bits per heavy atom. The molecule has 0 fully saturated rings. The first-order valence-electron chi connectivity index (χ1n) is 5.11. The Balaban J connectivity index is 3.00. The fourth-order valence-corrected chi connectivity index (χ4v) is 1.17. The summed E-state index contributed by atoms with van der Waals surface area (Å²) in [5.74, 6) is -1.42. The van der Waals surface area contributed by atoms with E-state index in [1.165, 1.54) is 7.11 Å². The first-order chi connectivity index (χ1) is 9.01. The highest BCUT2D eigenvalue weighted by molar-refractivity contribution is 5.93. The molecule has 4 N–H and O–H groups in total. The number of nitrogens with zero attached hydrogens (tertiary/aromatic N) is 1. The SMILES string of the molecule is COCCN=C(NN)Nc1c(F)c(F)cc(F)c1F. The molecule has 0 aromatic heterocycles. The van der Waals surface area contributed by atoms with Gasteiger partial charge in [-0.05, 0) is 0 Å². The predicted molar refractivity (Wildman–Crippen MR) is 61.4 cm³/mol. The number of hydrogen-bond donors (Lipinski definition) is 3. The van der Waals surface area contributed by atoms with Crippen LogP contribution in [-0.2, 0) is 4.74 Å². The van der Waals surface area contributed by atoms with Gasteiger partial charge in [-0.15, -0.1) is 0 Å². The lowest BCUT2D eigenvalue weighted by Gasteiger charge is -2.11. The summed E-state index contributed by atoms with van der Waals surface area (Å²) in [6, 6.07) is 0.105. The number of ether oxygens (including phenoxy) is 1. The highest BCUT2D eigenvalue weighted by Crippen LogP contribution is 2.23. The molecule has 0 bridgehead atoms. The zero-order valence-electron chi connectivity index (χ0n) is 9.94. The number of methoxy groups -OCH3 is 1. The van der Waals surface area contributed by atoms with Gasteiger partial charge in [0.25, 0.3) is 0 Å². The Labute approximate surface area is 106 Å². The number of hydrogen-bond acceptors (Lipinski definition) is 3. The van der Waals surface area contributed by atoms with Crippen molar-refractivity contribution < 1.29 is 22.3 Å². The van der Waals surface area contributed by atoms with Gasteiger partial charge in [0.15, 0.2) is 23.3 Å². The quantitative estimate of drug-likeness (QED) is 0.147. The largest absolute Gasteiger partial charge is 0.383 e. The first-order valence-corrected chi connectivity index (χ1v) is 5.11. The van der Waals surface area contributed by atoms with Crippen LogP contribution in [0.2, 0.25) is 0 Å². The van der Waals surface area contributed by atoms with Gasteiger partial charge in [0.2, 0.25) is 5.96 Å². The summed E-state index contributed by atoms with van der Waals surface area (Å²) in [5, 5.41) is 2.03. The van der Waals surface area contributed by atoms with Crippen LogP contribution in [0.3, 0.4) is 0 Å². The average Bonchev–Trinajstić information content (AvgIpc) is 2.39. The Morgan fingerprint density at radius 2 is 1.84 bits per heavy atom. The van der Waals surface area contributed by atoms with Crippen molar-refractivity contribution in [2.45, 2.75) is 0 Å². The number of rotatable bonds is 4. The Morgan fingerprint density at radius 3 is 2.32 bits per heavy atom. The monoisotopic (exact) mass is 280 g/mol. The lowest BCUT2D eigenvalue weighted by molar-refractivity contribution is 0.208. The molecule has 19 heavy (non-hydrogen) atoms. The number of nitrogens with two attached hydrogens (primary N) is 1. The number of aliphatic imine (C=N–C) groups is 1. The lowest BCUT2D eigenvalue weighted by Crippen LogP contribution is -2.37. The zero-order chi connectivity index (χ0) is 14.4. The third-order valence-electron chi connectivity index (χ3n) is 2.06. The van der Waals surface area contributed by atoms with Gasteiger partial charge in [-0.3, -0.25) is 5.43 Å². The molecular formula is C10H12F4N4O. The van der Waals surface area contributed by atoms with Crippen molar-refractivity contribution >= 4 is 11.6 Å². The van der Waals surface area contributed by atoms with Gasteiger partial charge in [-0.25, -0.2) is 28.4 Å². The highest BCUT2D eigenvalue weighted by atomic mass is 19.2. The van der Waals surface area contributed by atoms with Crippen LogP contribution in [0.4, 0.5) is 23.2 Å². The molecule has 0 saturated heterocycles. The fourth-order valence-electron chi connectivity index (χ4n) is 1.17. The molecule has 5 nitrogen and oxygen atoms in total. The summed E-state index contributed by atoms with van der Waals surface area (Å²) in [6.45, 7) is 0.361. The summed E-state index contributed by atoms with van der Waals surface area (Å²) in [4.78, 5) is 3.73. The normalized spacial score (nSPS) is 11.6. The van der Waals surface area contributed by atoms with Crippen LogP contribution in [0.5, 0.6) is 0 Å². The summed E-state index contributed by atoms with van der Waals surface area (Å²) in [7, 11) is 1.43. The molecule has 1 aromatic rings. The van der Waals surface area contributed by atoms with E-state index in [1.54, 1.807) is 0 Å². The number of guanidine groups is 1. The second-order valence-electron chi connectivity index (χ2n) is 3.34. The van der Waals surface area contributed by atoms with E-state index in [2.05, 4.69) is 4.99 Å². The molecule has 0 atom stereocenters. The van der Waals surface area contributed by atoms with E-state index in [9.17, 15) is 17.6 Å². The molecule has 0 amide bonds. The summed E-state index contributed by atoms with van der Waals surface area (Å²) in [5.41, 5.74) is 0.986. The van der Waals surface area contributed by atoms with Crippen LogP contribution in [-0.4, -0.2) is 26.2 Å². The molecule has 106 valence electrons. The second-order valence-corrected chi connectivity index (χ2v) is 3.34. The summed E-state index contributed by atoms with van der Waals surface area (Å²) in [6.07, 6.45) is 0. The van der Waals surface area contributed by atoms with Crippen LogP contribution in [0.1, 0.15) is 0 Å². The summed E-state index contributed by atoms with van der Waals surface area (Å²) < 4.78 is 57.3. The van der Waals surface area contributed by atoms with Gasteiger partial charge in [0.05, 0.1) is 13.2 Å². The Hall–Kier alpha value is -1.87. The van der Waals surface area contributed by atoms with Crippen LogP contribution in [0.25, 0.3) is 0 Å². The third kappa shape index (κ3) is 3.80. The number of hydrazine groups is 1. The smallest absolute Gasteiger partial charge is 0.210 e. The number of anilines is 1. The second kappa shape index (κ2) is 6.90. The first kappa shape index (κ1) is 15.2. The molecule has 0 aliphatic heterocycles. The fraction of sp³-hybridized carbons (Fsp3) is 0.300. The van der Waals surface area contributed by atoms with E-state index >= 15 is 0 Å². The molecule has 0 spiro atoms. The minimum atomic E-state index is -1.58. The van der Waals surface area contributed by atoms with E-state index < -0.39 is 29.0 Å². The van der Waals surface area contributed by atoms with E-state index in [4.69, 9.17) is 10.6 Å². The average molecular weight is 280 g/mol. The van der Waals surface area contributed by atoms with Gasteiger partial charge >= 0.3 is 0 Å². The number of benzene rings is 1. The van der Waals surface area contributed by atoms with Crippen molar-refractivity contribution in [1.82, 2.24) is 5.43 Å². The molecule has 1 rings (SSSR count). The Bertz CT molecular complexity index is 455. The van der Waals surface area contributed by atoms with Crippen molar-refractivity contribution in [1.29, 1.82) is 0 Å². The van der Waals surface area contributed by atoms with Gasteiger partial charge in [0, 0.05) is 13.2 Å². The molecule has 0 radical (unpaired) electrons. The van der Waals surface area contributed by atoms with Gasteiger partial charge in [-0.2, -0.15) is 0 Å². The molecule has 0 unspecified atom stereocenters. The lowest BCUT2D eigenvalue weighted by atomic mass is 10.2. The molecular weight excluding hydrogens is 268 g/mol. The maximum atomic E-state index is 13.3. The minimum Gasteiger partial charge on any atom is -0.383 e. The van der Waals surface area contributed by atoms with E-state index in [0.717, 1.165) is 0 Å². The van der Waals surface area contributed by atoms with Crippen LogP contribution in [0.15, 0.2) is 11.1 Å². The molecule has 0 aliphatic rings. The van der Waals surface area contributed by atoms with Crippen LogP contribution < -0.4 is 16.6 Å². The van der Waals surface area contributed by atoms with Crippen LogP contribution >= 0.6 is 0 Å². The van der Waals surface area contributed by atoms with Gasteiger partial charge in [-0.1, -0.05) is 0 Å². The van der Waals surface area contributed by atoms with Crippen molar-refractivity contribution in [3.63, 3.8) is 0 Å². The number of nitrogens with one attached hydrogen (secondary N) is 2. The molecule has 0 heterocycles. The Kier molecular flexibility index (Phi) is 5.52. The van der Waals surface area contributed by atoms with Crippen molar-refractivity contribution in [2.24, 2.45) is 10.8 Å². The molecule has 9 heteroatoms. The standard InChI is InChI=1S/C10H12F4N4O/c1-19-3-2-16-10(18-15)17-9-7(13)5(11)4-6(12)8(9)14/h4H,2-3,15H2,1H3,(H2,16,17,18). The minimum absolute atomic E-state index is 0.105. The van der Waals surface area contributed by atoms with Crippen molar-refractivity contribution in [3.8, 4) is 0 Å². The van der Waals surface area contributed by atoms with E-state index in [-0.39, 0.29) is 25.2 Å². The van der Waals surface area contributed by atoms with Gasteiger partial charge < -0.3 is 10.1 Å². The highest BCUT2D eigenvalue weighted by Gasteiger charge is 2.19. The van der Waals surface area contributed by atoms with Crippen LogP contribution in [0, 0.1) is 23.3 Å².